The molecule has 0 N–H and O–H groups in total. The van der Waals surface area contributed by atoms with E-state index in [1.165, 1.54) is 4.90 Å². The quantitative estimate of drug-likeness (QED) is 0.728. The summed E-state index contributed by atoms with van der Waals surface area (Å²) in [7, 11) is 0. The number of hydrogen-bond donors (Lipinski definition) is 0. The lowest BCUT2D eigenvalue weighted by molar-refractivity contribution is 0.512. The predicted molar refractivity (Wildman–Crippen MR) is 76.6 cm³/mol. The highest BCUT2D eigenvalue weighted by Gasteiger charge is 2.06. The van der Waals surface area contributed by atoms with E-state index in [0.29, 0.717) is 0 Å². The Balaban J connectivity index is 2.04. The van der Waals surface area contributed by atoms with E-state index in [9.17, 15) is 0 Å². The summed E-state index contributed by atoms with van der Waals surface area (Å²) < 4.78 is 5.59. The van der Waals surface area contributed by atoms with Crippen molar-refractivity contribution >= 4 is 17.8 Å². The van der Waals surface area contributed by atoms with Crippen molar-refractivity contribution in [2.75, 3.05) is 0 Å². The smallest absolute Gasteiger partial charge is 0.192 e. The van der Waals surface area contributed by atoms with Gasteiger partial charge in [-0.15, -0.1) is 0 Å². The number of hydrogen-bond acceptors (Lipinski definition) is 3. The normalized spacial score (nSPS) is 11.2. The van der Waals surface area contributed by atoms with Gasteiger partial charge in [0.15, 0.2) is 11.7 Å². The molecule has 0 amide bonds. The van der Waals surface area contributed by atoms with Gasteiger partial charge in [0.1, 0.15) is 0 Å². The SMILES string of the molecule is CCCc1nc(C)oc1C=CSc1ccccc1. The fourth-order valence-electron chi connectivity index (χ4n) is 1.71. The number of aryl methyl sites for hydroxylation is 2. The van der Waals surface area contributed by atoms with Gasteiger partial charge in [-0.1, -0.05) is 43.3 Å². The lowest BCUT2D eigenvalue weighted by Gasteiger charge is -1.94. The first-order valence-electron chi connectivity index (χ1n) is 6.14. The standard InChI is InChI=1S/C15H17NOS/c1-3-7-14-15(17-12(2)16-14)10-11-18-13-8-5-4-6-9-13/h4-6,8-11H,3,7H2,1-2H3. The summed E-state index contributed by atoms with van der Waals surface area (Å²) in [5.41, 5.74) is 1.06. The molecule has 18 heavy (non-hydrogen) atoms. The van der Waals surface area contributed by atoms with E-state index in [1.54, 1.807) is 11.8 Å². The van der Waals surface area contributed by atoms with Gasteiger partial charge in [0.2, 0.25) is 0 Å². The molecule has 0 atom stereocenters. The molecule has 1 aromatic carbocycles. The molecule has 2 aromatic rings. The summed E-state index contributed by atoms with van der Waals surface area (Å²) in [5, 5.41) is 2.05. The molecule has 0 radical (unpaired) electrons. The van der Waals surface area contributed by atoms with Gasteiger partial charge in [-0.3, -0.25) is 0 Å². The van der Waals surface area contributed by atoms with E-state index in [1.807, 2.05) is 31.2 Å². The van der Waals surface area contributed by atoms with Gasteiger partial charge < -0.3 is 4.42 Å². The summed E-state index contributed by atoms with van der Waals surface area (Å²) in [6, 6.07) is 10.3. The highest BCUT2D eigenvalue weighted by Crippen LogP contribution is 2.21. The van der Waals surface area contributed by atoms with Crippen molar-refractivity contribution in [1.29, 1.82) is 0 Å². The zero-order chi connectivity index (χ0) is 12.8. The molecule has 0 fully saturated rings. The van der Waals surface area contributed by atoms with Gasteiger partial charge in [-0.25, -0.2) is 4.98 Å². The van der Waals surface area contributed by atoms with Gasteiger partial charge in [0.05, 0.1) is 5.69 Å². The van der Waals surface area contributed by atoms with Crippen molar-refractivity contribution < 1.29 is 4.42 Å². The minimum absolute atomic E-state index is 0.739. The maximum absolute atomic E-state index is 5.59. The number of benzene rings is 1. The average Bonchev–Trinajstić information content (AvgIpc) is 2.72. The van der Waals surface area contributed by atoms with Gasteiger partial charge in [0.25, 0.3) is 0 Å². The van der Waals surface area contributed by atoms with Crippen LogP contribution in [0.4, 0.5) is 0 Å². The zero-order valence-corrected chi connectivity index (χ0v) is 11.5. The molecule has 0 aliphatic heterocycles. The highest BCUT2D eigenvalue weighted by molar-refractivity contribution is 8.02. The third-order valence-electron chi connectivity index (χ3n) is 2.49. The first-order valence-corrected chi connectivity index (χ1v) is 7.02. The molecule has 0 spiro atoms. The molecule has 2 nitrogen and oxygen atoms in total. The van der Waals surface area contributed by atoms with Gasteiger partial charge in [0, 0.05) is 11.8 Å². The molecule has 0 bridgehead atoms. The van der Waals surface area contributed by atoms with Crippen LogP contribution in [-0.4, -0.2) is 4.98 Å². The Morgan fingerprint density at radius 1 is 1.28 bits per heavy atom. The van der Waals surface area contributed by atoms with Crippen LogP contribution in [0, 0.1) is 6.92 Å². The second kappa shape index (κ2) is 6.45. The van der Waals surface area contributed by atoms with Crippen LogP contribution in [0.1, 0.15) is 30.7 Å². The second-order valence-electron chi connectivity index (χ2n) is 4.03. The van der Waals surface area contributed by atoms with Crippen LogP contribution in [0.2, 0.25) is 0 Å². The molecule has 0 unspecified atom stereocenters. The molecule has 94 valence electrons. The Hall–Kier alpha value is -1.48. The third kappa shape index (κ3) is 3.50. The Kier molecular flexibility index (Phi) is 4.65. The van der Waals surface area contributed by atoms with E-state index in [0.717, 1.165) is 30.2 Å². The molecule has 1 aromatic heterocycles. The second-order valence-corrected chi connectivity index (χ2v) is 5.01. The Morgan fingerprint density at radius 2 is 2.06 bits per heavy atom. The average molecular weight is 259 g/mol. The number of oxazole rings is 1. The fraction of sp³-hybridized carbons (Fsp3) is 0.267. The zero-order valence-electron chi connectivity index (χ0n) is 10.7. The minimum atomic E-state index is 0.739. The van der Waals surface area contributed by atoms with E-state index in [4.69, 9.17) is 4.42 Å². The molecule has 0 saturated carbocycles. The molecule has 3 heteroatoms. The Morgan fingerprint density at radius 3 is 2.78 bits per heavy atom. The molecule has 2 rings (SSSR count). The summed E-state index contributed by atoms with van der Waals surface area (Å²) in [4.78, 5) is 5.62. The van der Waals surface area contributed by atoms with Crippen LogP contribution in [0.25, 0.3) is 6.08 Å². The Bertz CT molecular complexity index is 517. The topological polar surface area (TPSA) is 26.0 Å². The van der Waals surface area contributed by atoms with Gasteiger partial charge in [-0.05, 0) is 30.0 Å². The number of aromatic nitrogens is 1. The fourth-order valence-corrected chi connectivity index (χ4v) is 2.37. The van der Waals surface area contributed by atoms with Crippen molar-refractivity contribution in [3.8, 4) is 0 Å². The van der Waals surface area contributed by atoms with E-state index < -0.39 is 0 Å². The first-order chi connectivity index (χ1) is 8.79. The van der Waals surface area contributed by atoms with Crippen LogP contribution in [0.15, 0.2) is 45.1 Å². The van der Waals surface area contributed by atoms with Crippen molar-refractivity contribution in [1.82, 2.24) is 4.98 Å². The van der Waals surface area contributed by atoms with E-state index >= 15 is 0 Å². The van der Waals surface area contributed by atoms with Crippen LogP contribution >= 0.6 is 11.8 Å². The summed E-state index contributed by atoms with van der Waals surface area (Å²) in [6.07, 6.45) is 4.05. The third-order valence-corrected chi connectivity index (χ3v) is 3.30. The van der Waals surface area contributed by atoms with Crippen LogP contribution < -0.4 is 0 Å². The Labute approximate surface area is 112 Å². The first kappa shape index (κ1) is 13.0. The van der Waals surface area contributed by atoms with E-state index in [2.05, 4.69) is 29.4 Å². The molecule has 0 aliphatic carbocycles. The largest absolute Gasteiger partial charge is 0.441 e. The monoisotopic (exact) mass is 259 g/mol. The minimum Gasteiger partial charge on any atom is -0.441 e. The molecule has 0 saturated heterocycles. The predicted octanol–water partition coefficient (Wildman–Crippen LogP) is 4.70. The highest BCUT2D eigenvalue weighted by atomic mass is 32.2. The van der Waals surface area contributed by atoms with Gasteiger partial charge in [-0.2, -0.15) is 0 Å². The maximum atomic E-state index is 5.59. The van der Waals surface area contributed by atoms with Crippen LogP contribution in [0.3, 0.4) is 0 Å². The van der Waals surface area contributed by atoms with E-state index in [-0.39, 0.29) is 0 Å². The van der Waals surface area contributed by atoms with Crippen molar-refractivity contribution in [3.63, 3.8) is 0 Å². The van der Waals surface area contributed by atoms with Crippen molar-refractivity contribution in [3.05, 3.63) is 53.1 Å². The van der Waals surface area contributed by atoms with Crippen LogP contribution in [-0.2, 0) is 6.42 Å². The molecule has 0 aliphatic rings. The summed E-state index contributed by atoms with van der Waals surface area (Å²) >= 11 is 1.68. The lowest BCUT2D eigenvalue weighted by Crippen LogP contribution is -1.85. The van der Waals surface area contributed by atoms with Crippen LogP contribution in [0.5, 0.6) is 0 Å². The van der Waals surface area contributed by atoms with Gasteiger partial charge >= 0.3 is 0 Å². The summed E-state index contributed by atoms with van der Waals surface area (Å²) in [6.45, 7) is 4.04. The number of thioether (sulfide) groups is 1. The molecule has 1 heterocycles. The lowest BCUT2D eigenvalue weighted by atomic mass is 10.2. The summed E-state index contributed by atoms with van der Waals surface area (Å²) in [5.74, 6) is 1.63. The molecular weight excluding hydrogens is 242 g/mol. The number of rotatable bonds is 5. The number of nitrogens with zero attached hydrogens (tertiary/aromatic N) is 1. The van der Waals surface area contributed by atoms with Crippen molar-refractivity contribution in [2.45, 2.75) is 31.6 Å². The van der Waals surface area contributed by atoms with Crippen molar-refractivity contribution in [2.24, 2.45) is 0 Å². The molecular formula is C15H17NOS. The maximum Gasteiger partial charge on any atom is 0.192 e.